The van der Waals surface area contributed by atoms with E-state index in [4.69, 9.17) is 0 Å². The van der Waals surface area contributed by atoms with E-state index >= 15 is 0 Å². The van der Waals surface area contributed by atoms with Crippen LogP contribution in [-0.2, 0) is 0 Å². The Balaban J connectivity index is 2.96. The highest BCUT2D eigenvalue weighted by atomic mass is 19.3. The minimum absolute atomic E-state index is 0.0370. The third-order valence-electron chi connectivity index (χ3n) is 1.36. The Kier molecular flexibility index (Phi) is 2.47. The van der Waals surface area contributed by atoms with Crippen LogP contribution in [0.5, 0.6) is 0 Å². The number of halogens is 2. The van der Waals surface area contributed by atoms with Gasteiger partial charge < -0.3 is 0 Å². The van der Waals surface area contributed by atoms with E-state index in [0.29, 0.717) is 5.56 Å². The molecule has 0 saturated carbocycles. The SMILES string of the molecule is Cc1cncc(C(=O)C(F)F)c1. The molecule has 0 aliphatic carbocycles. The summed E-state index contributed by atoms with van der Waals surface area (Å²) in [6.45, 7) is 1.69. The summed E-state index contributed by atoms with van der Waals surface area (Å²) in [4.78, 5) is 14.3. The molecule has 1 aromatic rings. The van der Waals surface area contributed by atoms with E-state index < -0.39 is 12.2 Å². The van der Waals surface area contributed by atoms with E-state index in [2.05, 4.69) is 4.98 Å². The monoisotopic (exact) mass is 171 g/mol. The second-order valence-electron chi connectivity index (χ2n) is 2.42. The van der Waals surface area contributed by atoms with Gasteiger partial charge in [0.15, 0.2) is 0 Å². The Hall–Kier alpha value is -1.32. The van der Waals surface area contributed by atoms with Crippen molar-refractivity contribution in [3.63, 3.8) is 0 Å². The number of nitrogens with zero attached hydrogens (tertiary/aromatic N) is 1. The molecule has 4 heteroatoms. The number of ketones is 1. The standard InChI is InChI=1S/C8H7F2NO/c1-5-2-6(4-11-3-5)7(12)8(9)10/h2-4,8H,1H3. The van der Waals surface area contributed by atoms with Gasteiger partial charge in [0.05, 0.1) is 0 Å². The maximum atomic E-state index is 11.9. The Morgan fingerprint density at radius 3 is 2.67 bits per heavy atom. The number of rotatable bonds is 2. The molecule has 0 aliphatic heterocycles. The topological polar surface area (TPSA) is 30.0 Å². The maximum absolute atomic E-state index is 11.9. The van der Waals surface area contributed by atoms with E-state index in [1.165, 1.54) is 12.3 Å². The van der Waals surface area contributed by atoms with Crippen molar-refractivity contribution >= 4 is 5.78 Å². The first kappa shape index (κ1) is 8.77. The molecular weight excluding hydrogens is 164 g/mol. The van der Waals surface area contributed by atoms with E-state index in [1.54, 1.807) is 6.92 Å². The molecule has 0 spiro atoms. The zero-order chi connectivity index (χ0) is 9.14. The van der Waals surface area contributed by atoms with Crippen LogP contribution in [0.25, 0.3) is 0 Å². The number of pyridine rings is 1. The number of carbonyl (C=O) groups is 1. The summed E-state index contributed by atoms with van der Waals surface area (Å²) in [7, 11) is 0. The number of aryl methyl sites for hydroxylation is 1. The lowest BCUT2D eigenvalue weighted by molar-refractivity contribution is 0.0678. The number of Topliss-reactive ketones (excluding diaryl/α,β-unsaturated/α-hetero) is 1. The summed E-state index contributed by atoms with van der Waals surface area (Å²) >= 11 is 0. The van der Waals surface area contributed by atoms with E-state index in [1.807, 2.05) is 0 Å². The highest BCUT2D eigenvalue weighted by Gasteiger charge is 2.17. The number of carbonyl (C=O) groups excluding carboxylic acids is 1. The van der Waals surface area contributed by atoms with Crippen LogP contribution in [0.15, 0.2) is 18.5 Å². The second kappa shape index (κ2) is 3.38. The van der Waals surface area contributed by atoms with Gasteiger partial charge in [0.25, 0.3) is 0 Å². The molecule has 1 rings (SSSR count). The quantitative estimate of drug-likeness (QED) is 0.635. The molecule has 0 N–H and O–H groups in total. The Morgan fingerprint density at radius 1 is 1.50 bits per heavy atom. The summed E-state index contributed by atoms with van der Waals surface area (Å²) in [6.07, 6.45) is -0.308. The third-order valence-corrected chi connectivity index (χ3v) is 1.36. The molecule has 0 aromatic carbocycles. The maximum Gasteiger partial charge on any atom is 0.300 e. The molecule has 12 heavy (non-hydrogen) atoms. The van der Waals surface area contributed by atoms with Gasteiger partial charge in [0.2, 0.25) is 5.78 Å². The van der Waals surface area contributed by atoms with E-state index in [-0.39, 0.29) is 5.56 Å². The Bertz CT molecular complexity index is 299. The zero-order valence-corrected chi connectivity index (χ0v) is 6.42. The van der Waals surface area contributed by atoms with Gasteiger partial charge in [-0.25, -0.2) is 8.78 Å². The summed E-state index contributed by atoms with van der Waals surface area (Å²) in [5, 5.41) is 0. The molecule has 0 aliphatic rings. The van der Waals surface area contributed by atoms with Gasteiger partial charge in [-0.1, -0.05) is 0 Å². The van der Waals surface area contributed by atoms with Crippen LogP contribution in [0.1, 0.15) is 15.9 Å². The number of aromatic nitrogens is 1. The van der Waals surface area contributed by atoms with Gasteiger partial charge in [0.1, 0.15) is 0 Å². The van der Waals surface area contributed by atoms with Crippen molar-refractivity contribution in [2.24, 2.45) is 0 Å². The average Bonchev–Trinajstić information content (AvgIpc) is 2.03. The van der Waals surface area contributed by atoms with Crippen molar-refractivity contribution < 1.29 is 13.6 Å². The van der Waals surface area contributed by atoms with Crippen molar-refractivity contribution in [1.82, 2.24) is 4.98 Å². The summed E-state index contributed by atoms with van der Waals surface area (Å²) in [5.74, 6) is -1.17. The first-order valence-corrected chi connectivity index (χ1v) is 3.35. The summed E-state index contributed by atoms with van der Waals surface area (Å²) in [6, 6.07) is 1.39. The molecule has 0 bridgehead atoms. The molecule has 0 saturated heterocycles. The lowest BCUT2D eigenvalue weighted by Crippen LogP contribution is -2.10. The van der Waals surface area contributed by atoms with Crippen LogP contribution in [-0.4, -0.2) is 17.2 Å². The fourth-order valence-electron chi connectivity index (χ4n) is 0.816. The van der Waals surface area contributed by atoms with Crippen LogP contribution in [0, 0.1) is 6.92 Å². The molecule has 64 valence electrons. The predicted octanol–water partition coefficient (Wildman–Crippen LogP) is 1.84. The van der Waals surface area contributed by atoms with Crippen molar-refractivity contribution in [2.45, 2.75) is 13.3 Å². The molecule has 0 radical (unpaired) electrons. The van der Waals surface area contributed by atoms with Gasteiger partial charge in [-0.15, -0.1) is 0 Å². The van der Waals surface area contributed by atoms with Crippen LogP contribution in [0.2, 0.25) is 0 Å². The van der Waals surface area contributed by atoms with Crippen molar-refractivity contribution in [2.75, 3.05) is 0 Å². The molecule has 0 amide bonds. The number of hydrogen-bond donors (Lipinski definition) is 0. The second-order valence-corrected chi connectivity index (χ2v) is 2.42. The molecule has 1 aromatic heterocycles. The van der Waals surface area contributed by atoms with Crippen LogP contribution in [0.3, 0.4) is 0 Å². The Morgan fingerprint density at radius 2 is 2.17 bits per heavy atom. The van der Waals surface area contributed by atoms with Gasteiger partial charge in [0, 0.05) is 18.0 Å². The molecule has 1 heterocycles. The fraction of sp³-hybridized carbons (Fsp3) is 0.250. The molecular formula is C8H7F2NO. The lowest BCUT2D eigenvalue weighted by atomic mass is 10.1. The smallest absolute Gasteiger partial charge is 0.288 e. The molecule has 2 nitrogen and oxygen atoms in total. The largest absolute Gasteiger partial charge is 0.300 e. The van der Waals surface area contributed by atoms with E-state index in [0.717, 1.165) is 6.20 Å². The fourth-order valence-corrected chi connectivity index (χ4v) is 0.816. The first-order chi connectivity index (χ1) is 5.61. The molecule has 0 atom stereocenters. The van der Waals surface area contributed by atoms with E-state index in [9.17, 15) is 13.6 Å². The van der Waals surface area contributed by atoms with Gasteiger partial charge in [-0.2, -0.15) is 0 Å². The van der Waals surface area contributed by atoms with Crippen LogP contribution in [0.4, 0.5) is 8.78 Å². The third kappa shape index (κ3) is 1.84. The van der Waals surface area contributed by atoms with Crippen molar-refractivity contribution in [3.05, 3.63) is 29.6 Å². The van der Waals surface area contributed by atoms with Crippen molar-refractivity contribution in [1.29, 1.82) is 0 Å². The predicted molar refractivity (Wildman–Crippen MR) is 39.3 cm³/mol. The number of alkyl halides is 2. The highest BCUT2D eigenvalue weighted by Crippen LogP contribution is 2.07. The number of hydrogen-bond acceptors (Lipinski definition) is 2. The van der Waals surface area contributed by atoms with Gasteiger partial charge in [-0.05, 0) is 18.6 Å². The minimum atomic E-state index is -2.95. The lowest BCUT2D eigenvalue weighted by Gasteiger charge is -1.98. The minimum Gasteiger partial charge on any atom is -0.288 e. The normalized spacial score (nSPS) is 10.3. The molecule has 0 fully saturated rings. The van der Waals surface area contributed by atoms with Gasteiger partial charge in [-0.3, -0.25) is 9.78 Å². The first-order valence-electron chi connectivity index (χ1n) is 3.35. The van der Waals surface area contributed by atoms with Crippen LogP contribution < -0.4 is 0 Å². The van der Waals surface area contributed by atoms with Gasteiger partial charge >= 0.3 is 6.43 Å². The average molecular weight is 171 g/mol. The summed E-state index contributed by atoms with van der Waals surface area (Å²) < 4.78 is 23.7. The Labute approximate surface area is 68.2 Å². The van der Waals surface area contributed by atoms with Crippen LogP contribution >= 0.6 is 0 Å². The highest BCUT2D eigenvalue weighted by molar-refractivity contribution is 5.98. The molecule has 0 unspecified atom stereocenters. The zero-order valence-electron chi connectivity index (χ0n) is 6.42. The van der Waals surface area contributed by atoms with Crippen molar-refractivity contribution in [3.8, 4) is 0 Å². The summed E-state index contributed by atoms with van der Waals surface area (Å²) in [5.41, 5.74) is 0.659.